The number of carbonyl (C=O) groups excluding carboxylic acids is 1. The van der Waals surface area contributed by atoms with Crippen LogP contribution in [0.25, 0.3) is 10.6 Å². The number of aliphatic hydroxyl groups is 1. The van der Waals surface area contributed by atoms with Gasteiger partial charge in [-0.25, -0.2) is 0 Å². The van der Waals surface area contributed by atoms with Gasteiger partial charge in [0.15, 0.2) is 5.76 Å². The lowest BCUT2D eigenvalue weighted by molar-refractivity contribution is 0.0915. The number of hydrogen-bond donors (Lipinski definition) is 2. The SMILES string of the molecule is CC(O)c1onc(-c2cccs2)c1C(=O)NC1CCCCC1. The van der Waals surface area contributed by atoms with Crippen molar-refractivity contribution in [2.45, 2.75) is 51.2 Å². The second-order valence-corrected chi connectivity index (χ2v) is 6.68. The first-order chi connectivity index (χ1) is 10.7. The average molecular weight is 320 g/mol. The van der Waals surface area contributed by atoms with E-state index in [2.05, 4.69) is 10.5 Å². The molecule has 3 rings (SSSR count). The molecule has 2 heterocycles. The highest BCUT2D eigenvalue weighted by Crippen LogP contribution is 2.32. The van der Waals surface area contributed by atoms with Crippen LogP contribution >= 0.6 is 11.3 Å². The van der Waals surface area contributed by atoms with E-state index in [1.54, 1.807) is 6.92 Å². The first kappa shape index (κ1) is 15.2. The van der Waals surface area contributed by atoms with Crippen molar-refractivity contribution in [3.63, 3.8) is 0 Å². The van der Waals surface area contributed by atoms with Gasteiger partial charge in [-0.3, -0.25) is 4.79 Å². The van der Waals surface area contributed by atoms with Crippen molar-refractivity contribution >= 4 is 17.2 Å². The standard InChI is InChI=1S/C16H20N2O3S/c1-10(19)15-13(14(18-21-15)12-8-5-9-22-12)16(20)17-11-6-3-2-4-7-11/h5,8-11,19H,2-4,6-7H2,1H3,(H,17,20). The third-order valence-corrected chi connectivity index (χ3v) is 4.90. The molecule has 1 aliphatic carbocycles. The lowest BCUT2D eigenvalue weighted by Crippen LogP contribution is -2.36. The van der Waals surface area contributed by atoms with E-state index in [0.717, 1.165) is 30.6 Å². The molecular weight excluding hydrogens is 300 g/mol. The van der Waals surface area contributed by atoms with Gasteiger partial charge in [-0.2, -0.15) is 0 Å². The Morgan fingerprint density at radius 2 is 2.23 bits per heavy atom. The quantitative estimate of drug-likeness (QED) is 0.904. The van der Waals surface area contributed by atoms with Crippen LogP contribution in [0.1, 0.15) is 61.3 Å². The Balaban J connectivity index is 1.89. The highest BCUT2D eigenvalue weighted by atomic mass is 32.1. The number of aromatic nitrogens is 1. The minimum atomic E-state index is -0.867. The number of thiophene rings is 1. The molecule has 1 fully saturated rings. The Labute approximate surface area is 133 Å². The van der Waals surface area contributed by atoms with Gasteiger partial charge in [0.25, 0.3) is 5.91 Å². The molecule has 1 unspecified atom stereocenters. The van der Waals surface area contributed by atoms with Crippen molar-refractivity contribution in [1.82, 2.24) is 10.5 Å². The fourth-order valence-corrected chi connectivity index (χ4v) is 3.61. The highest BCUT2D eigenvalue weighted by Gasteiger charge is 2.28. The summed E-state index contributed by atoms with van der Waals surface area (Å²) in [5, 5.41) is 18.9. The number of aliphatic hydroxyl groups excluding tert-OH is 1. The van der Waals surface area contributed by atoms with Crippen molar-refractivity contribution in [2.75, 3.05) is 0 Å². The molecule has 1 saturated carbocycles. The van der Waals surface area contributed by atoms with Gasteiger partial charge in [0.1, 0.15) is 17.4 Å². The van der Waals surface area contributed by atoms with Crippen LogP contribution in [0.2, 0.25) is 0 Å². The summed E-state index contributed by atoms with van der Waals surface area (Å²) >= 11 is 1.49. The van der Waals surface area contributed by atoms with Crippen LogP contribution in [0, 0.1) is 0 Å². The molecule has 6 heteroatoms. The predicted octanol–water partition coefficient (Wildman–Crippen LogP) is 3.52. The van der Waals surface area contributed by atoms with E-state index in [9.17, 15) is 9.90 Å². The van der Waals surface area contributed by atoms with Gasteiger partial charge in [-0.15, -0.1) is 11.3 Å². The van der Waals surface area contributed by atoms with E-state index in [0.29, 0.717) is 11.3 Å². The first-order valence-electron chi connectivity index (χ1n) is 7.69. The fourth-order valence-electron chi connectivity index (χ4n) is 2.89. The van der Waals surface area contributed by atoms with E-state index in [-0.39, 0.29) is 17.7 Å². The summed E-state index contributed by atoms with van der Waals surface area (Å²) in [5.41, 5.74) is 0.877. The zero-order valence-corrected chi connectivity index (χ0v) is 13.4. The molecule has 1 aliphatic rings. The number of amides is 1. The maximum atomic E-state index is 12.7. The second kappa shape index (κ2) is 6.62. The van der Waals surface area contributed by atoms with Crippen molar-refractivity contribution in [3.8, 4) is 10.6 Å². The van der Waals surface area contributed by atoms with Crippen molar-refractivity contribution in [3.05, 3.63) is 28.8 Å². The summed E-state index contributed by atoms with van der Waals surface area (Å²) < 4.78 is 5.24. The predicted molar refractivity (Wildman–Crippen MR) is 84.8 cm³/mol. The molecule has 5 nitrogen and oxygen atoms in total. The minimum absolute atomic E-state index is 0.201. The Morgan fingerprint density at radius 3 is 2.86 bits per heavy atom. The maximum absolute atomic E-state index is 12.7. The zero-order chi connectivity index (χ0) is 15.5. The molecule has 2 aromatic heterocycles. The molecule has 0 aliphatic heterocycles. The lowest BCUT2D eigenvalue weighted by atomic mass is 9.95. The molecule has 118 valence electrons. The molecule has 0 spiro atoms. The molecule has 22 heavy (non-hydrogen) atoms. The molecule has 1 amide bonds. The molecule has 0 bridgehead atoms. The summed E-state index contributed by atoms with van der Waals surface area (Å²) in [7, 11) is 0. The van der Waals surface area contributed by atoms with Crippen LogP contribution in [-0.4, -0.2) is 22.2 Å². The van der Waals surface area contributed by atoms with E-state index in [1.807, 2.05) is 17.5 Å². The van der Waals surface area contributed by atoms with Crippen LogP contribution in [0.5, 0.6) is 0 Å². The van der Waals surface area contributed by atoms with Crippen molar-refractivity contribution in [1.29, 1.82) is 0 Å². The average Bonchev–Trinajstić information content (AvgIpc) is 3.17. The van der Waals surface area contributed by atoms with Crippen LogP contribution < -0.4 is 5.32 Å². The first-order valence-corrected chi connectivity index (χ1v) is 8.57. The van der Waals surface area contributed by atoms with E-state index in [1.165, 1.54) is 17.8 Å². The smallest absolute Gasteiger partial charge is 0.257 e. The summed E-state index contributed by atoms with van der Waals surface area (Å²) in [6.45, 7) is 1.58. The zero-order valence-electron chi connectivity index (χ0n) is 12.5. The molecule has 0 saturated heterocycles. The summed E-state index contributed by atoms with van der Waals surface area (Å²) in [4.78, 5) is 13.6. The van der Waals surface area contributed by atoms with Gasteiger partial charge < -0.3 is 14.9 Å². The molecule has 0 radical (unpaired) electrons. The second-order valence-electron chi connectivity index (χ2n) is 5.73. The van der Waals surface area contributed by atoms with E-state index < -0.39 is 6.10 Å². The Kier molecular flexibility index (Phi) is 4.59. The largest absolute Gasteiger partial charge is 0.385 e. The monoisotopic (exact) mass is 320 g/mol. The van der Waals surface area contributed by atoms with E-state index in [4.69, 9.17) is 4.52 Å². The van der Waals surface area contributed by atoms with Gasteiger partial charge >= 0.3 is 0 Å². The Hall–Kier alpha value is -1.66. The maximum Gasteiger partial charge on any atom is 0.257 e. The summed E-state index contributed by atoms with van der Waals surface area (Å²) in [6, 6.07) is 4.00. The number of nitrogens with one attached hydrogen (secondary N) is 1. The van der Waals surface area contributed by atoms with Gasteiger partial charge in [-0.1, -0.05) is 30.5 Å². The third kappa shape index (κ3) is 3.08. The van der Waals surface area contributed by atoms with Crippen LogP contribution in [0.15, 0.2) is 22.0 Å². The molecular formula is C16H20N2O3S. The van der Waals surface area contributed by atoms with Crippen LogP contribution in [0.4, 0.5) is 0 Å². The van der Waals surface area contributed by atoms with Gasteiger partial charge in [0.05, 0.1) is 4.88 Å². The fraction of sp³-hybridized carbons (Fsp3) is 0.500. The van der Waals surface area contributed by atoms with Crippen molar-refractivity contribution in [2.24, 2.45) is 0 Å². The number of nitrogens with zero attached hydrogens (tertiary/aromatic N) is 1. The number of rotatable bonds is 4. The van der Waals surface area contributed by atoms with Gasteiger partial charge in [0.2, 0.25) is 0 Å². The molecule has 1 atom stereocenters. The minimum Gasteiger partial charge on any atom is -0.385 e. The summed E-state index contributed by atoms with van der Waals surface area (Å²) in [5.74, 6) is 0.0316. The summed E-state index contributed by atoms with van der Waals surface area (Å²) in [6.07, 6.45) is 4.68. The van der Waals surface area contributed by atoms with Gasteiger partial charge in [0, 0.05) is 6.04 Å². The Bertz CT molecular complexity index is 628. The van der Waals surface area contributed by atoms with Crippen LogP contribution in [0.3, 0.4) is 0 Å². The van der Waals surface area contributed by atoms with Crippen LogP contribution in [-0.2, 0) is 0 Å². The van der Waals surface area contributed by atoms with Crippen molar-refractivity contribution < 1.29 is 14.4 Å². The molecule has 2 N–H and O–H groups in total. The number of hydrogen-bond acceptors (Lipinski definition) is 5. The third-order valence-electron chi connectivity index (χ3n) is 4.02. The normalized spacial score (nSPS) is 17.4. The van der Waals surface area contributed by atoms with E-state index >= 15 is 0 Å². The highest BCUT2D eigenvalue weighted by molar-refractivity contribution is 7.13. The molecule has 2 aromatic rings. The molecule has 0 aromatic carbocycles. The van der Waals surface area contributed by atoms with Gasteiger partial charge in [-0.05, 0) is 31.2 Å². The number of carbonyl (C=O) groups is 1. The topological polar surface area (TPSA) is 75.4 Å². The Morgan fingerprint density at radius 1 is 1.45 bits per heavy atom. The lowest BCUT2D eigenvalue weighted by Gasteiger charge is -2.22.